The maximum absolute atomic E-state index is 12.0. The molecule has 1 aliphatic rings. The van der Waals surface area contributed by atoms with Crippen molar-refractivity contribution in [3.63, 3.8) is 0 Å². The van der Waals surface area contributed by atoms with Crippen LogP contribution in [0.25, 0.3) is 11.1 Å². The van der Waals surface area contributed by atoms with E-state index >= 15 is 0 Å². The zero-order valence-corrected chi connectivity index (χ0v) is 15.7. The molecule has 1 N–H and O–H groups in total. The molecule has 4 nitrogen and oxygen atoms in total. The fourth-order valence-electron chi connectivity index (χ4n) is 3.35. The minimum absolute atomic E-state index is 0.0440. The molecule has 1 aliphatic carbocycles. The van der Waals surface area contributed by atoms with Gasteiger partial charge in [-0.15, -0.1) is 0 Å². The predicted molar refractivity (Wildman–Crippen MR) is 109 cm³/mol. The van der Waals surface area contributed by atoms with Crippen molar-refractivity contribution in [1.29, 1.82) is 0 Å². The molecule has 0 saturated carbocycles. The summed E-state index contributed by atoms with van der Waals surface area (Å²) in [6.45, 7) is 0.465. The van der Waals surface area contributed by atoms with Gasteiger partial charge < -0.3 is 10.1 Å². The zero-order valence-electron chi connectivity index (χ0n) is 15.0. The van der Waals surface area contributed by atoms with Crippen LogP contribution >= 0.6 is 11.6 Å². The molecule has 4 rings (SSSR count). The number of hydrogen-bond donors (Lipinski definition) is 1. The molecule has 0 atom stereocenters. The van der Waals surface area contributed by atoms with Gasteiger partial charge in [0.1, 0.15) is 12.3 Å². The van der Waals surface area contributed by atoms with Crippen LogP contribution in [0.2, 0.25) is 5.02 Å². The Morgan fingerprint density at radius 2 is 1.71 bits per heavy atom. The van der Waals surface area contributed by atoms with E-state index in [1.54, 1.807) is 12.1 Å². The fourth-order valence-corrected chi connectivity index (χ4v) is 3.46. The topological polar surface area (TPSA) is 51.2 Å². The van der Waals surface area contributed by atoms with Crippen LogP contribution in [-0.4, -0.2) is 24.2 Å². The molecular formula is C23H17ClN2O2. The minimum atomic E-state index is -0.486. The summed E-state index contributed by atoms with van der Waals surface area (Å²) < 4.78 is 5.46. The Morgan fingerprint density at radius 3 is 2.36 bits per heavy atom. The fraction of sp³-hybridized carbons (Fsp3) is 0.130. The molecule has 138 valence electrons. The van der Waals surface area contributed by atoms with Gasteiger partial charge in [-0.05, 0) is 40.3 Å². The molecule has 0 fully saturated rings. The summed E-state index contributed by atoms with van der Waals surface area (Å²) in [5.74, 6) is 5.75. The molecule has 0 unspecified atom stereocenters. The van der Waals surface area contributed by atoms with Crippen LogP contribution < -0.4 is 5.32 Å². The van der Waals surface area contributed by atoms with Crippen LogP contribution in [0.1, 0.15) is 22.7 Å². The first-order chi connectivity index (χ1) is 13.7. The molecule has 1 amide bonds. The van der Waals surface area contributed by atoms with Gasteiger partial charge in [-0.1, -0.05) is 66.1 Å². The molecule has 28 heavy (non-hydrogen) atoms. The van der Waals surface area contributed by atoms with Gasteiger partial charge in [0.05, 0.1) is 11.6 Å². The predicted octanol–water partition coefficient (Wildman–Crippen LogP) is 4.63. The highest BCUT2D eigenvalue weighted by Crippen LogP contribution is 2.44. The Kier molecular flexibility index (Phi) is 5.27. The summed E-state index contributed by atoms with van der Waals surface area (Å²) in [5.41, 5.74) is 5.37. The number of amides is 1. The third-order valence-electron chi connectivity index (χ3n) is 4.61. The summed E-state index contributed by atoms with van der Waals surface area (Å²) in [7, 11) is 0. The first kappa shape index (κ1) is 18.1. The highest BCUT2D eigenvalue weighted by Gasteiger charge is 2.28. The summed E-state index contributed by atoms with van der Waals surface area (Å²) >= 11 is 5.78. The quantitative estimate of drug-likeness (QED) is 0.666. The Morgan fingerprint density at radius 1 is 1.04 bits per heavy atom. The van der Waals surface area contributed by atoms with Gasteiger partial charge in [-0.3, -0.25) is 0 Å². The van der Waals surface area contributed by atoms with E-state index in [2.05, 4.69) is 46.4 Å². The summed E-state index contributed by atoms with van der Waals surface area (Å²) in [5, 5.41) is 3.21. The number of hydrogen-bond acceptors (Lipinski definition) is 3. The molecule has 1 aromatic heterocycles. The number of fused-ring (bicyclic) bond motifs is 3. The van der Waals surface area contributed by atoms with E-state index in [4.69, 9.17) is 16.3 Å². The van der Waals surface area contributed by atoms with E-state index in [-0.39, 0.29) is 19.1 Å². The van der Waals surface area contributed by atoms with E-state index in [0.717, 1.165) is 0 Å². The molecule has 0 spiro atoms. The van der Waals surface area contributed by atoms with Gasteiger partial charge in [0, 0.05) is 12.1 Å². The number of ether oxygens (including phenoxy) is 1. The highest BCUT2D eigenvalue weighted by molar-refractivity contribution is 6.30. The largest absolute Gasteiger partial charge is 0.449 e. The lowest BCUT2D eigenvalue weighted by molar-refractivity contribution is 0.144. The molecule has 3 aromatic rings. The van der Waals surface area contributed by atoms with Crippen molar-refractivity contribution < 1.29 is 9.53 Å². The number of nitrogens with zero attached hydrogens (tertiary/aromatic N) is 1. The minimum Gasteiger partial charge on any atom is -0.449 e. The average Bonchev–Trinajstić information content (AvgIpc) is 3.05. The van der Waals surface area contributed by atoms with E-state index in [0.29, 0.717) is 10.7 Å². The van der Waals surface area contributed by atoms with Crippen LogP contribution in [0, 0.1) is 11.8 Å². The van der Waals surface area contributed by atoms with Crippen molar-refractivity contribution >= 4 is 17.7 Å². The second kappa shape index (κ2) is 8.16. The third kappa shape index (κ3) is 3.85. The zero-order chi connectivity index (χ0) is 19.3. The molecule has 0 aliphatic heterocycles. The van der Waals surface area contributed by atoms with Crippen LogP contribution in [0.5, 0.6) is 0 Å². The normalized spacial score (nSPS) is 11.8. The van der Waals surface area contributed by atoms with Gasteiger partial charge >= 0.3 is 6.09 Å². The van der Waals surface area contributed by atoms with Crippen LogP contribution in [0.4, 0.5) is 4.79 Å². The molecule has 0 saturated heterocycles. The van der Waals surface area contributed by atoms with Crippen molar-refractivity contribution in [3.05, 3.63) is 88.7 Å². The number of rotatable bonds is 3. The number of nitrogens with one attached hydrogen (secondary N) is 1. The molecular weight excluding hydrogens is 372 g/mol. The molecule has 1 heterocycles. The van der Waals surface area contributed by atoms with Crippen LogP contribution in [0.15, 0.2) is 66.9 Å². The van der Waals surface area contributed by atoms with E-state index in [9.17, 15) is 4.79 Å². The van der Waals surface area contributed by atoms with Gasteiger partial charge in [0.15, 0.2) is 0 Å². The summed E-state index contributed by atoms with van der Waals surface area (Å²) in [4.78, 5) is 16.1. The van der Waals surface area contributed by atoms with Crippen molar-refractivity contribution in [2.24, 2.45) is 0 Å². The average molecular weight is 389 g/mol. The first-order valence-corrected chi connectivity index (χ1v) is 9.29. The van der Waals surface area contributed by atoms with Crippen molar-refractivity contribution in [2.45, 2.75) is 5.92 Å². The number of halogens is 1. The molecule has 0 bridgehead atoms. The number of carbonyl (C=O) groups is 1. The second-order valence-corrected chi connectivity index (χ2v) is 6.78. The number of pyridine rings is 1. The lowest BCUT2D eigenvalue weighted by atomic mass is 9.98. The van der Waals surface area contributed by atoms with Crippen LogP contribution in [0.3, 0.4) is 0 Å². The van der Waals surface area contributed by atoms with Gasteiger partial charge in [0.25, 0.3) is 0 Å². The van der Waals surface area contributed by atoms with E-state index in [1.807, 2.05) is 24.3 Å². The number of aromatic nitrogens is 1. The first-order valence-electron chi connectivity index (χ1n) is 8.91. The van der Waals surface area contributed by atoms with Gasteiger partial charge in [0.2, 0.25) is 0 Å². The maximum Gasteiger partial charge on any atom is 0.407 e. The van der Waals surface area contributed by atoms with Gasteiger partial charge in [-0.25, -0.2) is 9.78 Å². The van der Waals surface area contributed by atoms with Crippen LogP contribution in [-0.2, 0) is 4.74 Å². The second-order valence-electron chi connectivity index (χ2n) is 6.34. The monoisotopic (exact) mass is 388 g/mol. The van der Waals surface area contributed by atoms with E-state index < -0.39 is 6.09 Å². The summed E-state index contributed by atoms with van der Waals surface area (Å²) in [6.07, 6.45) is 1.05. The van der Waals surface area contributed by atoms with Crippen molar-refractivity contribution in [2.75, 3.05) is 13.2 Å². The van der Waals surface area contributed by atoms with Gasteiger partial charge in [-0.2, -0.15) is 0 Å². The summed E-state index contributed by atoms with van der Waals surface area (Å²) in [6, 6.07) is 19.9. The molecule has 2 aromatic carbocycles. The maximum atomic E-state index is 12.0. The lowest BCUT2D eigenvalue weighted by Crippen LogP contribution is -2.26. The van der Waals surface area contributed by atoms with Crippen molar-refractivity contribution in [1.82, 2.24) is 10.3 Å². The Balaban J connectivity index is 1.35. The number of carbonyl (C=O) groups excluding carboxylic acids is 1. The smallest absolute Gasteiger partial charge is 0.407 e. The lowest BCUT2D eigenvalue weighted by Gasteiger charge is -2.14. The van der Waals surface area contributed by atoms with E-state index in [1.165, 1.54) is 28.5 Å². The molecule has 5 heteroatoms. The Hall–Kier alpha value is -3.29. The standard InChI is InChI=1S/C23H17ClN2O2/c24-16-11-12-17(26-14-16)6-5-13-25-23(27)28-15-22-20-9-3-1-7-18(20)19-8-2-4-10-21(19)22/h1-4,7-12,14,22H,13,15H2,(H,25,27). The number of benzene rings is 2. The third-order valence-corrected chi connectivity index (χ3v) is 4.83. The molecule has 0 radical (unpaired) electrons. The Labute approximate surface area is 168 Å². The Bertz CT molecular complexity index is 1020. The number of alkyl carbamates (subject to hydrolysis) is 1. The highest BCUT2D eigenvalue weighted by atomic mass is 35.5. The SMILES string of the molecule is O=C(NCC#Cc1ccc(Cl)cn1)OCC1c2ccccc2-c2ccccc21. The van der Waals surface area contributed by atoms with Crippen molar-refractivity contribution in [3.8, 4) is 23.0 Å².